The van der Waals surface area contributed by atoms with Crippen LogP contribution in [0.25, 0.3) is 0 Å². The number of aliphatic carboxylic acids is 1. The smallest absolute Gasteiger partial charge is 0.339 e. The van der Waals surface area contributed by atoms with Crippen LogP contribution in [0.5, 0.6) is 11.5 Å². The molecule has 7 nitrogen and oxygen atoms in total. The number of ether oxygens (including phenoxy) is 1. The molecule has 1 unspecified atom stereocenters. The molecule has 0 heterocycles. The summed E-state index contributed by atoms with van der Waals surface area (Å²) in [6.45, 7) is 0. The third-order valence-corrected chi connectivity index (χ3v) is 2.17. The average molecular weight is 241 g/mol. The SMILES string of the molecule is COc1cc(C(N)C(=O)O)cc(C(=O)O)c1O. The molecule has 0 amide bonds. The number of carbonyl (C=O) groups is 2. The second-order valence-electron chi connectivity index (χ2n) is 3.24. The first-order valence-corrected chi connectivity index (χ1v) is 4.51. The first-order chi connectivity index (χ1) is 7.88. The fourth-order valence-electron chi connectivity index (χ4n) is 1.27. The number of carboxylic acids is 2. The molecular formula is C10H11NO6. The molecule has 0 radical (unpaired) electrons. The van der Waals surface area contributed by atoms with Gasteiger partial charge in [-0.1, -0.05) is 0 Å². The van der Waals surface area contributed by atoms with E-state index in [1.54, 1.807) is 0 Å². The number of hydrogen-bond acceptors (Lipinski definition) is 5. The number of benzene rings is 1. The number of rotatable bonds is 4. The third kappa shape index (κ3) is 2.45. The molecular weight excluding hydrogens is 230 g/mol. The van der Waals surface area contributed by atoms with Gasteiger partial charge in [0.05, 0.1) is 7.11 Å². The summed E-state index contributed by atoms with van der Waals surface area (Å²) in [4.78, 5) is 21.5. The van der Waals surface area contributed by atoms with E-state index in [1.165, 1.54) is 13.2 Å². The number of methoxy groups -OCH3 is 1. The molecule has 0 saturated carbocycles. The summed E-state index contributed by atoms with van der Waals surface area (Å²) in [6, 6.07) is 0.794. The van der Waals surface area contributed by atoms with Gasteiger partial charge in [0.2, 0.25) is 0 Å². The lowest BCUT2D eigenvalue weighted by Crippen LogP contribution is -2.21. The van der Waals surface area contributed by atoms with Crippen molar-refractivity contribution in [3.63, 3.8) is 0 Å². The zero-order valence-electron chi connectivity index (χ0n) is 8.88. The zero-order valence-corrected chi connectivity index (χ0v) is 8.88. The highest BCUT2D eigenvalue weighted by Crippen LogP contribution is 2.33. The van der Waals surface area contributed by atoms with Gasteiger partial charge in [0, 0.05) is 0 Å². The van der Waals surface area contributed by atoms with Crippen LogP contribution in [0.2, 0.25) is 0 Å². The maximum absolute atomic E-state index is 10.8. The molecule has 0 aliphatic heterocycles. The van der Waals surface area contributed by atoms with Crippen molar-refractivity contribution in [1.82, 2.24) is 0 Å². The van der Waals surface area contributed by atoms with E-state index in [-0.39, 0.29) is 11.3 Å². The zero-order chi connectivity index (χ0) is 13.2. The van der Waals surface area contributed by atoms with Gasteiger partial charge in [-0.2, -0.15) is 0 Å². The lowest BCUT2D eigenvalue weighted by Gasteiger charge is -2.12. The molecule has 5 N–H and O–H groups in total. The van der Waals surface area contributed by atoms with Crippen LogP contribution in [0, 0.1) is 0 Å². The largest absolute Gasteiger partial charge is 0.504 e. The molecule has 0 fully saturated rings. The average Bonchev–Trinajstić information content (AvgIpc) is 2.27. The Morgan fingerprint density at radius 2 is 1.94 bits per heavy atom. The van der Waals surface area contributed by atoms with E-state index < -0.39 is 29.3 Å². The van der Waals surface area contributed by atoms with Gasteiger partial charge in [-0.25, -0.2) is 4.79 Å². The highest BCUT2D eigenvalue weighted by Gasteiger charge is 2.21. The van der Waals surface area contributed by atoms with E-state index in [1.807, 2.05) is 0 Å². The normalized spacial score (nSPS) is 11.9. The van der Waals surface area contributed by atoms with Crippen molar-refractivity contribution in [2.45, 2.75) is 6.04 Å². The predicted molar refractivity (Wildman–Crippen MR) is 56.2 cm³/mol. The van der Waals surface area contributed by atoms with Gasteiger partial charge in [-0.3, -0.25) is 4.79 Å². The van der Waals surface area contributed by atoms with Crippen LogP contribution in [0.15, 0.2) is 12.1 Å². The Labute approximate surface area is 96.1 Å². The molecule has 0 spiro atoms. The van der Waals surface area contributed by atoms with Crippen molar-refractivity contribution >= 4 is 11.9 Å². The fraction of sp³-hybridized carbons (Fsp3) is 0.200. The van der Waals surface area contributed by atoms with Crippen molar-refractivity contribution in [3.8, 4) is 11.5 Å². The highest BCUT2D eigenvalue weighted by atomic mass is 16.5. The van der Waals surface area contributed by atoms with E-state index in [0.717, 1.165) is 6.07 Å². The van der Waals surface area contributed by atoms with Gasteiger partial charge < -0.3 is 25.8 Å². The Bertz CT molecular complexity index is 470. The van der Waals surface area contributed by atoms with Gasteiger partial charge in [-0.05, 0) is 17.7 Å². The number of carboxylic acid groups (broad SMARTS) is 2. The van der Waals surface area contributed by atoms with E-state index in [4.69, 9.17) is 20.7 Å². The quantitative estimate of drug-likeness (QED) is 0.591. The molecule has 92 valence electrons. The van der Waals surface area contributed by atoms with Crippen molar-refractivity contribution in [2.24, 2.45) is 5.73 Å². The first kappa shape index (κ1) is 12.8. The van der Waals surface area contributed by atoms with Gasteiger partial charge in [0.15, 0.2) is 11.5 Å². The van der Waals surface area contributed by atoms with E-state index in [0.29, 0.717) is 0 Å². The maximum atomic E-state index is 10.8. The summed E-state index contributed by atoms with van der Waals surface area (Å²) in [5, 5.41) is 27.1. The summed E-state index contributed by atoms with van der Waals surface area (Å²) in [5.74, 6) is -3.42. The lowest BCUT2D eigenvalue weighted by molar-refractivity contribution is -0.138. The third-order valence-electron chi connectivity index (χ3n) is 2.17. The standard InChI is InChI=1S/C10H11NO6/c1-17-6-3-4(7(11)10(15)16)2-5(8(6)12)9(13)14/h2-3,7,12H,11H2,1H3,(H,13,14)(H,15,16). The van der Waals surface area contributed by atoms with E-state index in [2.05, 4.69) is 0 Å². The van der Waals surface area contributed by atoms with Crippen LogP contribution in [0.1, 0.15) is 22.0 Å². The molecule has 0 aliphatic rings. The summed E-state index contributed by atoms with van der Waals surface area (Å²) in [6.07, 6.45) is 0. The molecule has 0 aromatic heterocycles. The minimum Gasteiger partial charge on any atom is -0.504 e. The molecule has 1 rings (SSSR count). The van der Waals surface area contributed by atoms with Crippen LogP contribution in [0.3, 0.4) is 0 Å². The summed E-state index contributed by atoms with van der Waals surface area (Å²) in [5.41, 5.74) is 4.92. The van der Waals surface area contributed by atoms with Gasteiger partial charge >= 0.3 is 11.9 Å². The second kappa shape index (κ2) is 4.71. The summed E-state index contributed by atoms with van der Waals surface area (Å²) >= 11 is 0. The Hall–Kier alpha value is -2.28. The highest BCUT2D eigenvalue weighted by molar-refractivity contribution is 5.92. The van der Waals surface area contributed by atoms with Crippen LogP contribution >= 0.6 is 0 Å². The number of phenols is 1. The molecule has 0 bridgehead atoms. The molecule has 0 saturated heterocycles. The van der Waals surface area contributed by atoms with Crippen molar-refractivity contribution < 1.29 is 29.6 Å². The monoisotopic (exact) mass is 241 g/mol. The Morgan fingerprint density at radius 1 is 1.35 bits per heavy atom. The molecule has 7 heteroatoms. The Balaban J connectivity index is 3.39. The van der Waals surface area contributed by atoms with Crippen LogP contribution in [-0.2, 0) is 4.79 Å². The number of nitrogens with two attached hydrogens (primary N) is 1. The summed E-state index contributed by atoms with van der Waals surface area (Å²) in [7, 11) is 1.22. The van der Waals surface area contributed by atoms with Gasteiger partial charge in [-0.15, -0.1) is 0 Å². The number of aromatic hydroxyl groups is 1. The van der Waals surface area contributed by atoms with Crippen molar-refractivity contribution in [2.75, 3.05) is 7.11 Å². The lowest BCUT2D eigenvalue weighted by atomic mass is 10.0. The Morgan fingerprint density at radius 3 is 2.35 bits per heavy atom. The van der Waals surface area contributed by atoms with Gasteiger partial charge in [0.1, 0.15) is 11.6 Å². The molecule has 1 aromatic carbocycles. The predicted octanol–water partition coefficient (Wildman–Crippen LogP) is 0.183. The first-order valence-electron chi connectivity index (χ1n) is 4.51. The van der Waals surface area contributed by atoms with Crippen LogP contribution in [-0.4, -0.2) is 34.4 Å². The molecule has 1 atom stereocenters. The molecule has 17 heavy (non-hydrogen) atoms. The minimum atomic E-state index is -1.40. The number of aromatic carboxylic acids is 1. The van der Waals surface area contributed by atoms with E-state index >= 15 is 0 Å². The number of hydrogen-bond donors (Lipinski definition) is 4. The Kier molecular flexibility index (Phi) is 3.54. The van der Waals surface area contributed by atoms with Crippen molar-refractivity contribution in [3.05, 3.63) is 23.3 Å². The fourth-order valence-corrected chi connectivity index (χ4v) is 1.27. The molecule has 1 aromatic rings. The minimum absolute atomic E-state index is 0.0320. The van der Waals surface area contributed by atoms with Crippen LogP contribution < -0.4 is 10.5 Å². The summed E-state index contributed by atoms with van der Waals surface area (Å²) < 4.78 is 4.74. The maximum Gasteiger partial charge on any atom is 0.339 e. The second-order valence-corrected chi connectivity index (χ2v) is 3.24. The van der Waals surface area contributed by atoms with Gasteiger partial charge in [0.25, 0.3) is 0 Å². The van der Waals surface area contributed by atoms with E-state index in [9.17, 15) is 14.7 Å². The van der Waals surface area contributed by atoms with Crippen LogP contribution in [0.4, 0.5) is 0 Å². The topological polar surface area (TPSA) is 130 Å². The molecule has 0 aliphatic carbocycles. The van der Waals surface area contributed by atoms with Crippen molar-refractivity contribution in [1.29, 1.82) is 0 Å².